The molecule has 0 aliphatic heterocycles. The summed E-state index contributed by atoms with van der Waals surface area (Å²) in [6.45, 7) is 1.98. The van der Waals surface area contributed by atoms with E-state index in [4.69, 9.17) is 0 Å². The molecular formula is C10H14O2. The molecule has 0 saturated heterocycles. The summed E-state index contributed by atoms with van der Waals surface area (Å²) in [7, 11) is 0. The van der Waals surface area contributed by atoms with Crippen LogP contribution in [0.3, 0.4) is 0 Å². The van der Waals surface area contributed by atoms with Crippen molar-refractivity contribution in [3.05, 3.63) is 0 Å². The fourth-order valence-corrected chi connectivity index (χ4v) is 2.71. The highest BCUT2D eigenvalue weighted by atomic mass is 16.1. The van der Waals surface area contributed by atoms with E-state index in [0.717, 1.165) is 19.3 Å². The largest absolute Gasteiger partial charge is 0.299 e. The van der Waals surface area contributed by atoms with Crippen LogP contribution in [0.2, 0.25) is 0 Å². The molecular weight excluding hydrogens is 152 g/mol. The lowest BCUT2D eigenvalue weighted by Gasteiger charge is -2.33. The second-order valence-electron chi connectivity index (χ2n) is 4.25. The van der Waals surface area contributed by atoms with E-state index in [-0.39, 0.29) is 11.3 Å². The van der Waals surface area contributed by atoms with Gasteiger partial charge in [0.2, 0.25) is 0 Å². The van der Waals surface area contributed by atoms with Gasteiger partial charge in [-0.1, -0.05) is 6.92 Å². The Morgan fingerprint density at radius 3 is 2.75 bits per heavy atom. The molecule has 0 unspecified atom stereocenters. The van der Waals surface area contributed by atoms with Crippen LogP contribution in [0, 0.1) is 11.3 Å². The maximum absolute atomic E-state index is 11.5. The fraction of sp³-hybridized carbons (Fsp3) is 0.800. The van der Waals surface area contributed by atoms with Crippen LogP contribution < -0.4 is 0 Å². The summed E-state index contributed by atoms with van der Waals surface area (Å²) in [5.41, 5.74) is -0.269. The molecule has 0 spiro atoms. The molecule has 0 aromatic heterocycles. The van der Waals surface area contributed by atoms with Gasteiger partial charge in [0.25, 0.3) is 0 Å². The van der Waals surface area contributed by atoms with Crippen molar-refractivity contribution in [1.29, 1.82) is 0 Å². The smallest absolute Gasteiger partial charge is 0.139 e. The Hall–Kier alpha value is -0.660. The van der Waals surface area contributed by atoms with Gasteiger partial charge in [0.15, 0.2) is 0 Å². The Labute approximate surface area is 72.3 Å². The van der Waals surface area contributed by atoms with Crippen LogP contribution in [0.25, 0.3) is 0 Å². The number of carbonyl (C=O) groups is 2. The van der Waals surface area contributed by atoms with E-state index < -0.39 is 0 Å². The van der Waals surface area contributed by atoms with E-state index in [1.54, 1.807) is 0 Å². The molecule has 2 saturated carbocycles. The molecule has 0 heterocycles. The maximum atomic E-state index is 11.5. The van der Waals surface area contributed by atoms with Crippen molar-refractivity contribution < 1.29 is 9.59 Å². The average molecular weight is 166 g/mol. The first kappa shape index (κ1) is 7.96. The molecule has 2 aliphatic carbocycles. The van der Waals surface area contributed by atoms with Crippen molar-refractivity contribution in [2.75, 3.05) is 0 Å². The van der Waals surface area contributed by atoms with Gasteiger partial charge >= 0.3 is 0 Å². The molecule has 2 rings (SSSR count). The third-order valence-corrected chi connectivity index (χ3v) is 3.57. The molecule has 2 atom stereocenters. The molecule has 2 fully saturated rings. The molecule has 0 N–H and O–H groups in total. The molecule has 0 aromatic carbocycles. The minimum absolute atomic E-state index is 0.0683. The van der Waals surface area contributed by atoms with E-state index in [1.807, 2.05) is 6.92 Å². The third kappa shape index (κ3) is 0.869. The zero-order chi connectivity index (χ0) is 8.77. The van der Waals surface area contributed by atoms with Crippen molar-refractivity contribution >= 4 is 11.6 Å². The number of Topliss-reactive ketones (excluding diaryl/α,β-unsaturated/α-hetero) is 2. The van der Waals surface area contributed by atoms with Gasteiger partial charge in [0.05, 0.1) is 0 Å². The maximum Gasteiger partial charge on any atom is 0.139 e. The highest BCUT2D eigenvalue weighted by Crippen LogP contribution is 2.47. The Bertz CT molecular complexity index is 244. The summed E-state index contributed by atoms with van der Waals surface area (Å²) in [6.07, 6.45) is 3.99. The molecule has 0 radical (unpaired) electrons. The van der Waals surface area contributed by atoms with E-state index in [0.29, 0.717) is 24.4 Å². The monoisotopic (exact) mass is 166 g/mol. The Morgan fingerprint density at radius 2 is 2.08 bits per heavy atom. The second-order valence-corrected chi connectivity index (χ2v) is 4.25. The lowest BCUT2D eigenvalue weighted by atomic mass is 9.68. The molecule has 0 amide bonds. The van der Waals surface area contributed by atoms with Crippen LogP contribution in [-0.2, 0) is 9.59 Å². The second kappa shape index (κ2) is 2.41. The van der Waals surface area contributed by atoms with Crippen molar-refractivity contribution in [3.8, 4) is 0 Å². The van der Waals surface area contributed by atoms with Crippen LogP contribution in [0.5, 0.6) is 0 Å². The highest BCUT2D eigenvalue weighted by Gasteiger charge is 2.50. The van der Waals surface area contributed by atoms with Crippen LogP contribution in [0.1, 0.15) is 39.0 Å². The number of carbonyl (C=O) groups excluding carboxylic acids is 2. The number of hydrogen-bond donors (Lipinski definition) is 0. The van der Waals surface area contributed by atoms with Crippen molar-refractivity contribution in [2.24, 2.45) is 11.3 Å². The van der Waals surface area contributed by atoms with Crippen LogP contribution in [0.15, 0.2) is 0 Å². The lowest BCUT2D eigenvalue weighted by molar-refractivity contribution is -0.136. The molecule has 12 heavy (non-hydrogen) atoms. The molecule has 2 heteroatoms. The van der Waals surface area contributed by atoms with Crippen molar-refractivity contribution in [1.82, 2.24) is 0 Å². The number of hydrogen-bond acceptors (Lipinski definition) is 2. The number of fused-ring (bicyclic) bond motifs is 1. The van der Waals surface area contributed by atoms with Crippen molar-refractivity contribution in [3.63, 3.8) is 0 Å². The predicted molar refractivity (Wildman–Crippen MR) is 44.7 cm³/mol. The van der Waals surface area contributed by atoms with Gasteiger partial charge < -0.3 is 0 Å². The Kier molecular flexibility index (Phi) is 1.60. The van der Waals surface area contributed by atoms with Gasteiger partial charge in [0.1, 0.15) is 11.6 Å². The molecule has 66 valence electrons. The lowest BCUT2D eigenvalue weighted by Crippen LogP contribution is -2.37. The van der Waals surface area contributed by atoms with E-state index in [1.165, 1.54) is 0 Å². The molecule has 0 aromatic rings. The third-order valence-electron chi connectivity index (χ3n) is 3.57. The summed E-state index contributed by atoms with van der Waals surface area (Å²) in [4.78, 5) is 23.0. The topological polar surface area (TPSA) is 34.1 Å². The Morgan fingerprint density at radius 1 is 1.33 bits per heavy atom. The average Bonchev–Trinajstić information content (AvgIpc) is 2.30. The van der Waals surface area contributed by atoms with Gasteiger partial charge in [-0.05, 0) is 19.3 Å². The molecule has 0 bridgehead atoms. The number of rotatable bonds is 0. The van der Waals surface area contributed by atoms with Gasteiger partial charge in [-0.2, -0.15) is 0 Å². The summed E-state index contributed by atoms with van der Waals surface area (Å²) >= 11 is 0. The first-order valence-corrected chi connectivity index (χ1v) is 4.70. The minimum Gasteiger partial charge on any atom is -0.299 e. The first-order chi connectivity index (χ1) is 5.64. The number of ketones is 2. The van der Waals surface area contributed by atoms with Crippen molar-refractivity contribution in [2.45, 2.75) is 39.0 Å². The van der Waals surface area contributed by atoms with Crippen LogP contribution in [0.4, 0.5) is 0 Å². The zero-order valence-electron chi connectivity index (χ0n) is 7.43. The minimum atomic E-state index is -0.269. The van der Waals surface area contributed by atoms with Crippen LogP contribution >= 0.6 is 0 Å². The quantitative estimate of drug-likeness (QED) is 0.549. The normalized spacial score (nSPS) is 41.6. The van der Waals surface area contributed by atoms with Gasteiger partial charge in [-0.3, -0.25) is 9.59 Å². The predicted octanol–water partition coefficient (Wildman–Crippen LogP) is 1.72. The molecule has 2 nitrogen and oxygen atoms in total. The fourth-order valence-electron chi connectivity index (χ4n) is 2.71. The summed E-state index contributed by atoms with van der Waals surface area (Å²) in [5.74, 6) is 0.717. The van der Waals surface area contributed by atoms with Crippen LogP contribution in [-0.4, -0.2) is 11.6 Å². The standard InChI is InChI=1S/C10H14O2/c1-10-6-2-3-8(11)7(10)4-5-9(10)12/h7H,2-6H2,1H3/t7-,10+/m0/s1. The summed E-state index contributed by atoms with van der Waals surface area (Å²) in [6, 6.07) is 0. The SMILES string of the molecule is C[C@@]12CCCC(=O)[C@@H]1CCC2=O. The highest BCUT2D eigenvalue weighted by molar-refractivity contribution is 5.96. The zero-order valence-corrected chi connectivity index (χ0v) is 7.43. The summed E-state index contributed by atoms with van der Waals surface area (Å²) < 4.78 is 0. The van der Waals surface area contributed by atoms with E-state index in [9.17, 15) is 9.59 Å². The van der Waals surface area contributed by atoms with Gasteiger partial charge in [-0.15, -0.1) is 0 Å². The van der Waals surface area contributed by atoms with E-state index >= 15 is 0 Å². The Balaban J connectivity index is 2.32. The van der Waals surface area contributed by atoms with Gasteiger partial charge in [0, 0.05) is 24.2 Å². The first-order valence-electron chi connectivity index (χ1n) is 4.70. The summed E-state index contributed by atoms with van der Waals surface area (Å²) in [5, 5.41) is 0. The van der Waals surface area contributed by atoms with E-state index in [2.05, 4.69) is 0 Å². The molecule has 2 aliphatic rings. The van der Waals surface area contributed by atoms with Gasteiger partial charge in [-0.25, -0.2) is 0 Å².